The van der Waals surface area contributed by atoms with Crippen LogP contribution in [0.2, 0.25) is 0 Å². The molecule has 1 aliphatic heterocycles. The fraction of sp³-hybridized carbons (Fsp3) is 0.462. The number of hydrogen-bond donors (Lipinski definition) is 3. The zero-order valence-electron chi connectivity index (χ0n) is 11.0. The van der Waals surface area contributed by atoms with E-state index in [1.54, 1.807) is 32.0 Å². The topological polar surface area (TPSA) is 93.8 Å². The van der Waals surface area contributed by atoms with Gasteiger partial charge in [0.25, 0.3) is 0 Å². The Balaban J connectivity index is 2.00. The number of benzene rings is 1. The molecule has 6 nitrogen and oxygen atoms in total. The number of nitrogens with one attached hydrogen (secondary N) is 1. The first kappa shape index (κ1) is 13.6. The van der Waals surface area contributed by atoms with Crippen molar-refractivity contribution in [1.29, 1.82) is 0 Å². The number of ether oxygens (including phenoxy) is 2. The molecule has 0 bridgehead atoms. The Morgan fingerprint density at radius 2 is 2.16 bits per heavy atom. The third kappa shape index (κ3) is 2.97. The predicted molar refractivity (Wildman–Crippen MR) is 68.8 cm³/mol. The fourth-order valence-electron chi connectivity index (χ4n) is 1.68. The van der Waals surface area contributed by atoms with Gasteiger partial charge in [-0.25, -0.2) is 0 Å². The minimum absolute atomic E-state index is 0.196. The van der Waals surface area contributed by atoms with Gasteiger partial charge in [-0.1, -0.05) is 6.07 Å². The van der Waals surface area contributed by atoms with E-state index >= 15 is 0 Å². The van der Waals surface area contributed by atoms with Crippen molar-refractivity contribution in [2.24, 2.45) is 5.73 Å². The van der Waals surface area contributed by atoms with Crippen LogP contribution in [0.4, 0.5) is 0 Å². The Labute approximate surface area is 111 Å². The van der Waals surface area contributed by atoms with E-state index in [1.165, 1.54) is 0 Å². The van der Waals surface area contributed by atoms with E-state index in [2.05, 4.69) is 5.32 Å². The Morgan fingerprint density at radius 3 is 2.84 bits per heavy atom. The zero-order chi connectivity index (χ0) is 14.0. The lowest BCUT2D eigenvalue weighted by atomic mass is 10.0. The maximum atomic E-state index is 11.2. The highest BCUT2D eigenvalue weighted by molar-refractivity contribution is 5.83. The summed E-state index contributed by atoms with van der Waals surface area (Å²) in [5.74, 6) is 0.817. The monoisotopic (exact) mass is 266 g/mol. The van der Waals surface area contributed by atoms with Crippen LogP contribution in [0.5, 0.6) is 11.5 Å². The summed E-state index contributed by atoms with van der Waals surface area (Å²) < 4.78 is 10.4. The van der Waals surface area contributed by atoms with Gasteiger partial charge in [-0.05, 0) is 31.5 Å². The normalized spacial score (nSPS) is 15.3. The molecule has 104 valence electrons. The molecule has 0 saturated heterocycles. The number of aliphatic hydroxyl groups is 1. The first-order valence-electron chi connectivity index (χ1n) is 6.03. The number of rotatable bonds is 5. The molecular weight excluding hydrogens is 248 g/mol. The van der Waals surface area contributed by atoms with E-state index in [4.69, 9.17) is 15.2 Å². The van der Waals surface area contributed by atoms with Gasteiger partial charge in [0.15, 0.2) is 11.5 Å². The third-order valence-corrected chi connectivity index (χ3v) is 3.13. The largest absolute Gasteiger partial charge is 0.454 e. The first-order chi connectivity index (χ1) is 8.90. The molecule has 19 heavy (non-hydrogen) atoms. The Hall–Kier alpha value is -1.79. The molecule has 0 fully saturated rings. The smallest absolute Gasteiger partial charge is 0.237 e. The summed E-state index contributed by atoms with van der Waals surface area (Å²) in [7, 11) is 0. The van der Waals surface area contributed by atoms with E-state index in [0.29, 0.717) is 17.1 Å². The number of β-amino-alcohol motifs (C(OH)–C–C–N with tert-alkyl or cyclic N) is 1. The van der Waals surface area contributed by atoms with Crippen molar-refractivity contribution in [1.82, 2.24) is 5.32 Å². The highest BCUT2D eigenvalue weighted by Crippen LogP contribution is 2.34. The molecule has 1 unspecified atom stereocenters. The molecule has 0 aliphatic carbocycles. The van der Waals surface area contributed by atoms with Gasteiger partial charge in [-0.3, -0.25) is 4.79 Å². The summed E-state index contributed by atoms with van der Waals surface area (Å²) >= 11 is 0. The van der Waals surface area contributed by atoms with E-state index in [-0.39, 0.29) is 13.3 Å². The van der Waals surface area contributed by atoms with Crippen molar-refractivity contribution in [3.05, 3.63) is 23.8 Å². The molecule has 0 spiro atoms. The van der Waals surface area contributed by atoms with Gasteiger partial charge in [0, 0.05) is 6.54 Å². The Morgan fingerprint density at radius 1 is 1.47 bits per heavy atom. The maximum absolute atomic E-state index is 11.2. The molecule has 1 aliphatic rings. The number of primary amides is 1. The lowest BCUT2D eigenvalue weighted by molar-refractivity contribution is -0.123. The SMILES string of the molecule is CC(C)(NCC(O)c1ccc2c(c1)OCO2)C(N)=O. The fourth-order valence-corrected chi connectivity index (χ4v) is 1.68. The van der Waals surface area contributed by atoms with Crippen LogP contribution in [-0.4, -0.2) is 29.9 Å². The zero-order valence-corrected chi connectivity index (χ0v) is 11.0. The summed E-state index contributed by atoms with van der Waals surface area (Å²) in [6, 6.07) is 5.24. The third-order valence-electron chi connectivity index (χ3n) is 3.13. The van der Waals surface area contributed by atoms with Gasteiger partial charge in [0.1, 0.15) is 0 Å². The average molecular weight is 266 g/mol. The standard InChI is InChI=1S/C13H18N2O4/c1-13(2,12(14)17)15-6-9(16)8-3-4-10-11(5-8)19-7-18-10/h3-5,9,15-16H,6-7H2,1-2H3,(H2,14,17). The minimum atomic E-state index is -0.864. The van der Waals surface area contributed by atoms with Crippen LogP contribution in [0.1, 0.15) is 25.5 Å². The van der Waals surface area contributed by atoms with Gasteiger partial charge < -0.3 is 25.6 Å². The molecule has 1 atom stereocenters. The van der Waals surface area contributed by atoms with Crippen LogP contribution in [0, 0.1) is 0 Å². The van der Waals surface area contributed by atoms with Crippen LogP contribution in [0.15, 0.2) is 18.2 Å². The van der Waals surface area contributed by atoms with E-state index < -0.39 is 17.6 Å². The lowest BCUT2D eigenvalue weighted by Crippen LogP contribution is -2.51. The summed E-state index contributed by atoms with van der Waals surface area (Å²) in [6.07, 6.45) is -0.756. The molecule has 6 heteroatoms. The molecule has 1 amide bonds. The molecule has 0 aromatic heterocycles. The summed E-state index contributed by atoms with van der Waals surface area (Å²) in [5, 5.41) is 13.0. The number of hydrogen-bond acceptors (Lipinski definition) is 5. The second-order valence-electron chi connectivity index (χ2n) is 5.00. The molecule has 1 heterocycles. The average Bonchev–Trinajstić information content (AvgIpc) is 2.82. The van der Waals surface area contributed by atoms with Crippen molar-refractivity contribution >= 4 is 5.91 Å². The second-order valence-corrected chi connectivity index (χ2v) is 5.00. The van der Waals surface area contributed by atoms with Gasteiger partial charge in [-0.2, -0.15) is 0 Å². The van der Waals surface area contributed by atoms with Crippen LogP contribution in [0.25, 0.3) is 0 Å². The quantitative estimate of drug-likeness (QED) is 0.712. The highest BCUT2D eigenvalue weighted by atomic mass is 16.7. The van der Waals surface area contributed by atoms with Gasteiger partial charge >= 0.3 is 0 Å². The number of amides is 1. The molecule has 1 aromatic rings. The van der Waals surface area contributed by atoms with Gasteiger partial charge in [-0.15, -0.1) is 0 Å². The van der Waals surface area contributed by atoms with Crippen molar-refractivity contribution in [2.75, 3.05) is 13.3 Å². The number of carbonyl (C=O) groups excluding carboxylic acids is 1. The van der Waals surface area contributed by atoms with Crippen LogP contribution in [-0.2, 0) is 4.79 Å². The molecule has 1 aromatic carbocycles. The summed E-state index contributed by atoms with van der Waals surface area (Å²) in [5.41, 5.74) is 5.08. The second kappa shape index (κ2) is 5.07. The maximum Gasteiger partial charge on any atom is 0.237 e. The lowest BCUT2D eigenvalue weighted by Gasteiger charge is -2.24. The van der Waals surface area contributed by atoms with Crippen molar-refractivity contribution in [2.45, 2.75) is 25.5 Å². The van der Waals surface area contributed by atoms with E-state index in [1.807, 2.05) is 0 Å². The van der Waals surface area contributed by atoms with Crippen LogP contribution in [0.3, 0.4) is 0 Å². The summed E-state index contributed by atoms with van der Waals surface area (Å²) in [6.45, 7) is 3.75. The Bertz CT molecular complexity index is 488. The number of nitrogens with two attached hydrogens (primary N) is 1. The molecule has 0 saturated carbocycles. The van der Waals surface area contributed by atoms with Gasteiger partial charge in [0.05, 0.1) is 11.6 Å². The van der Waals surface area contributed by atoms with Crippen molar-refractivity contribution in [3.63, 3.8) is 0 Å². The number of fused-ring (bicyclic) bond motifs is 1. The molecular formula is C13H18N2O4. The van der Waals surface area contributed by atoms with Gasteiger partial charge in [0.2, 0.25) is 12.7 Å². The highest BCUT2D eigenvalue weighted by Gasteiger charge is 2.25. The minimum Gasteiger partial charge on any atom is -0.454 e. The van der Waals surface area contributed by atoms with E-state index in [9.17, 15) is 9.90 Å². The summed E-state index contributed by atoms with van der Waals surface area (Å²) in [4.78, 5) is 11.2. The van der Waals surface area contributed by atoms with Crippen LogP contribution < -0.4 is 20.5 Å². The van der Waals surface area contributed by atoms with Crippen molar-refractivity contribution < 1.29 is 19.4 Å². The molecule has 0 radical (unpaired) electrons. The predicted octanol–water partition coefficient (Wildman–Crippen LogP) is 0.302. The Kier molecular flexibility index (Phi) is 3.64. The molecule has 2 rings (SSSR count). The van der Waals surface area contributed by atoms with Crippen molar-refractivity contribution in [3.8, 4) is 11.5 Å². The first-order valence-corrected chi connectivity index (χ1v) is 6.03. The van der Waals surface area contributed by atoms with Crippen LogP contribution >= 0.6 is 0 Å². The number of carbonyl (C=O) groups is 1. The number of aliphatic hydroxyl groups excluding tert-OH is 1. The van der Waals surface area contributed by atoms with E-state index in [0.717, 1.165) is 0 Å². The molecule has 4 N–H and O–H groups in total.